The average molecular weight is 403 g/mol. The first-order valence-corrected chi connectivity index (χ1v) is 10.7. The SMILES string of the molecule is CC1(C)[C@@H]2CC[C@]1(C)[C@H](OC(=O)CC[N+](C)(C)CC(=O)OCc1ccccc1)C2. The van der Waals surface area contributed by atoms with Crippen molar-refractivity contribution in [1.29, 1.82) is 0 Å². The molecule has 29 heavy (non-hydrogen) atoms. The summed E-state index contributed by atoms with van der Waals surface area (Å²) in [6.07, 6.45) is 3.70. The summed E-state index contributed by atoms with van der Waals surface area (Å²) >= 11 is 0. The molecule has 0 amide bonds. The van der Waals surface area contributed by atoms with Gasteiger partial charge in [-0.2, -0.15) is 0 Å². The van der Waals surface area contributed by atoms with Gasteiger partial charge >= 0.3 is 11.9 Å². The fraction of sp³-hybridized carbons (Fsp3) is 0.667. The van der Waals surface area contributed by atoms with E-state index in [9.17, 15) is 9.59 Å². The molecule has 0 radical (unpaired) electrons. The highest BCUT2D eigenvalue weighted by Crippen LogP contribution is 2.66. The third kappa shape index (κ3) is 4.66. The summed E-state index contributed by atoms with van der Waals surface area (Å²) < 4.78 is 11.7. The van der Waals surface area contributed by atoms with Crippen LogP contribution in [0.25, 0.3) is 0 Å². The number of hydrogen-bond donors (Lipinski definition) is 0. The predicted octanol–water partition coefficient (Wildman–Crippen LogP) is 3.95. The zero-order chi connectivity index (χ0) is 21.3. The van der Waals surface area contributed by atoms with Crippen LogP contribution in [0.5, 0.6) is 0 Å². The number of rotatable bonds is 8. The normalized spacial score (nSPS) is 27.6. The van der Waals surface area contributed by atoms with Gasteiger partial charge < -0.3 is 14.0 Å². The van der Waals surface area contributed by atoms with Crippen molar-refractivity contribution >= 4 is 11.9 Å². The van der Waals surface area contributed by atoms with Gasteiger partial charge in [0.25, 0.3) is 0 Å². The van der Waals surface area contributed by atoms with E-state index < -0.39 is 0 Å². The molecule has 0 saturated heterocycles. The Morgan fingerprint density at radius 2 is 1.79 bits per heavy atom. The lowest BCUT2D eigenvalue weighted by molar-refractivity contribution is -0.882. The lowest BCUT2D eigenvalue weighted by Crippen LogP contribution is -2.46. The summed E-state index contributed by atoms with van der Waals surface area (Å²) in [7, 11) is 3.89. The molecule has 0 unspecified atom stereocenters. The van der Waals surface area contributed by atoms with Crippen molar-refractivity contribution in [3.63, 3.8) is 0 Å². The predicted molar refractivity (Wildman–Crippen MR) is 112 cm³/mol. The molecule has 5 nitrogen and oxygen atoms in total. The van der Waals surface area contributed by atoms with Crippen molar-refractivity contribution in [1.82, 2.24) is 0 Å². The third-order valence-electron chi connectivity index (χ3n) is 7.71. The molecule has 0 spiro atoms. The summed E-state index contributed by atoms with van der Waals surface area (Å²) in [5, 5.41) is 0. The van der Waals surface area contributed by atoms with Gasteiger partial charge in [-0.3, -0.25) is 4.79 Å². The Balaban J connectivity index is 1.43. The van der Waals surface area contributed by atoms with Crippen LogP contribution < -0.4 is 0 Å². The van der Waals surface area contributed by atoms with Gasteiger partial charge in [-0.1, -0.05) is 51.1 Å². The number of esters is 2. The number of quaternary nitrogens is 1. The van der Waals surface area contributed by atoms with Gasteiger partial charge in [0.1, 0.15) is 12.7 Å². The van der Waals surface area contributed by atoms with E-state index in [-0.39, 0.29) is 42.0 Å². The number of carbonyl (C=O) groups is 2. The van der Waals surface area contributed by atoms with E-state index in [1.165, 1.54) is 6.42 Å². The molecule has 160 valence electrons. The van der Waals surface area contributed by atoms with Gasteiger partial charge in [-0.25, -0.2) is 4.79 Å². The first kappa shape index (κ1) is 21.8. The Bertz CT molecular complexity index is 743. The van der Waals surface area contributed by atoms with Crippen LogP contribution in [-0.2, 0) is 25.7 Å². The van der Waals surface area contributed by atoms with E-state index in [1.54, 1.807) is 0 Å². The van der Waals surface area contributed by atoms with Gasteiger partial charge in [0.2, 0.25) is 0 Å². The first-order chi connectivity index (χ1) is 13.5. The van der Waals surface area contributed by atoms with Crippen LogP contribution in [0.2, 0.25) is 0 Å². The largest absolute Gasteiger partial charge is 0.462 e. The number of benzene rings is 1. The van der Waals surface area contributed by atoms with Crippen LogP contribution in [0.1, 0.15) is 52.0 Å². The number of carbonyl (C=O) groups excluding carboxylic acids is 2. The van der Waals surface area contributed by atoms with Crippen LogP contribution in [0, 0.1) is 16.7 Å². The molecule has 0 heterocycles. The van der Waals surface area contributed by atoms with Crippen LogP contribution in [-0.4, -0.2) is 49.7 Å². The van der Waals surface area contributed by atoms with Gasteiger partial charge in [0, 0.05) is 5.41 Å². The highest BCUT2D eigenvalue weighted by Gasteiger charge is 2.62. The molecule has 3 atom stereocenters. The fourth-order valence-electron chi connectivity index (χ4n) is 5.13. The first-order valence-electron chi connectivity index (χ1n) is 10.7. The van der Waals surface area contributed by atoms with Crippen molar-refractivity contribution in [3.8, 4) is 0 Å². The minimum absolute atomic E-state index is 0.0233. The number of nitrogens with zero attached hydrogens (tertiary/aromatic N) is 1. The molecule has 1 aromatic rings. The topological polar surface area (TPSA) is 52.6 Å². The molecule has 2 saturated carbocycles. The van der Waals surface area contributed by atoms with Gasteiger partial charge in [-0.15, -0.1) is 0 Å². The van der Waals surface area contributed by atoms with E-state index in [4.69, 9.17) is 9.47 Å². The highest BCUT2D eigenvalue weighted by molar-refractivity contribution is 5.71. The Morgan fingerprint density at radius 1 is 1.10 bits per heavy atom. The van der Waals surface area contributed by atoms with Gasteiger partial charge in [0.15, 0.2) is 6.54 Å². The third-order valence-corrected chi connectivity index (χ3v) is 7.71. The Morgan fingerprint density at radius 3 is 2.38 bits per heavy atom. The second-order valence-corrected chi connectivity index (χ2v) is 10.3. The van der Waals surface area contributed by atoms with Crippen LogP contribution in [0.3, 0.4) is 0 Å². The van der Waals surface area contributed by atoms with E-state index >= 15 is 0 Å². The van der Waals surface area contributed by atoms with Crippen LogP contribution in [0.4, 0.5) is 0 Å². The molecule has 2 fully saturated rings. The quantitative estimate of drug-likeness (QED) is 0.488. The minimum atomic E-state index is -0.255. The summed E-state index contributed by atoms with van der Waals surface area (Å²) in [6.45, 7) is 7.98. The molecule has 0 aliphatic heterocycles. The fourth-order valence-corrected chi connectivity index (χ4v) is 5.13. The van der Waals surface area contributed by atoms with Gasteiger partial charge in [0.05, 0.1) is 27.1 Å². The van der Waals surface area contributed by atoms with Crippen molar-refractivity contribution in [2.45, 2.75) is 59.2 Å². The van der Waals surface area contributed by atoms with E-state index in [2.05, 4.69) is 20.8 Å². The zero-order valence-electron chi connectivity index (χ0n) is 18.6. The lowest BCUT2D eigenvalue weighted by atomic mass is 9.70. The molecule has 2 aliphatic carbocycles. The number of hydrogen-bond acceptors (Lipinski definition) is 4. The highest BCUT2D eigenvalue weighted by atomic mass is 16.5. The standard InChI is InChI=1S/C24H36NO4/c1-23(2)19-11-13-24(23,3)20(15-19)29-21(26)12-14-25(4,5)16-22(27)28-17-18-9-7-6-8-10-18/h6-10,19-20H,11-17H2,1-5H3/q+1/t19-,20-,24-/m1/s1. The average Bonchev–Trinajstić information content (AvgIpc) is 2.99. The summed E-state index contributed by atoms with van der Waals surface area (Å²) in [6, 6.07) is 9.64. The van der Waals surface area contributed by atoms with Crippen LogP contribution >= 0.6 is 0 Å². The molecule has 2 aliphatic rings. The van der Waals surface area contributed by atoms with Crippen molar-refractivity contribution in [3.05, 3.63) is 35.9 Å². The van der Waals surface area contributed by atoms with E-state index in [1.807, 2.05) is 44.4 Å². The second-order valence-electron chi connectivity index (χ2n) is 10.3. The molecule has 0 N–H and O–H groups in total. The Kier molecular flexibility index (Phi) is 6.09. The molecular weight excluding hydrogens is 366 g/mol. The summed E-state index contributed by atoms with van der Waals surface area (Å²) in [5.74, 6) is 0.245. The van der Waals surface area contributed by atoms with Crippen LogP contribution in [0.15, 0.2) is 30.3 Å². The smallest absolute Gasteiger partial charge is 0.362 e. The molecule has 2 bridgehead atoms. The Hall–Kier alpha value is -1.88. The van der Waals surface area contributed by atoms with Gasteiger partial charge in [-0.05, 0) is 36.2 Å². The van der Waals surface area contributed by atoms with Crippen molar-refractivity contribution in [2.75, 3.05) is 27.2 Å². The van der Waals surface area contributed by atoms with Crippen molar-refractivity contribution < 1.29 is 23.5 Å². The maximum absolute atomic E-state index is 12.5. The molecule has 3 rings (SSSR count). The molecule has 1 aromatic carbocycles. The lowest BCUT2D eigenvalue weighted by Gasteiger charge is -2.38. The summed E-state index contributed by atoms with van der Waals surface area (Å²) in [4.78, 5) is 24.7. The number of likely N-dealkylation sites (N-methyl/N-ethyl adjacent to an activating group) is 1. The maximum Gasteiger partial charge on any atom is 0.362 e. The molecular formula is C24H36NO4+. The minimum Gasteiger partial charge on any atom is -0.462 e. The molecule has 0 aromatic heterocycles. The van der Waals surface area contributed by atoms with E-state index in [0.717, 1.165) is 18.4 Å². The van der Waals surface area contributed by atoms with Crippen molar-refractivity contribution in [2.24, 2.45) is 16.7 Å². The second kappa shape index (κ2) is 8.10. The zero-order valence-corrected chi connectivity index (χ0v) is 18.6. The Labute approximate surface area is 175 Å². The molecule has 5 heteroatoms. The van der Waals surface area contributed by atoms with E-state index in [0.29, 0.717) is 23.4 Å². The number of ether oxygens (including phenoxy) is 2. The monoisotopic (exact) mass is 402 g/mol. The maximum atomic E-state index is 12.5. The summed E-state index contributed by atoms with van der Waals surface area (Å²) in [5.41, 5.74) is 1.28. The number of fused-ring (bicyclic) bond motifs is 2.